The largest absolute Gasteiger partial charge is 0.478 e. The second-order valence-corrected chi connectivity index (χ2v) is 4.55. The highest BCUT2D eigenvalue weighted by Gasteiger charge is 2.10. The molecule has 0 spiro atoms. The summed E-state index contributed by atoms with van der Waals surface area (Å²) < 4.78 is 0. The van der Waals surface area contributed by atoms with Gasteiger partial charge in [-0.25, -0.2) is 9.59 Å². The highest BCUT2D eigenvalue weighted by Crippen LogP contribution is 2.21. The molecule has 2 rings (SSSR count). The summed E-state index contributed by atoms with van der Waals surface area (Å²) in [6.45, 7) is 5.97. The summed E-state index contributed by atoms with van der Waals surface area (Å²) in [4.78, 5) is 21.8. The molecule has 0 radical (unpaired) electrons. The van der Waals surface area contributed by atoms with Crippen LogP contribution in [0.15, 0.2) is 30.3 Å². The van der Waals surface area contributed by atoms with Crippen LogP contribution >= 0.6 is 0 Å². The molecule has 0 saturated heterocycles. The predicted molar refractivity (Wildman–Crippen MR) is 78.6 cm³/mol. The Morgan fingerprint density at radius 2 is 1.55 bits per heavy atom. The highest BCUT2D eigenvalue weighted by molar-refractivity contribution is 5.99. The number of hydrogen-bond donors (Lipinski definition) is 2. The zero-order chi connectivity index (χ0) is 15.3. The van der Waals surface area contributed by atoms with Crippen molar-refractivity contribution in [3.8, 4) is 0 Å². The van der Waals surface area contributed by atoms with E-state index in [1.54, 1.807) is 19.1 Å². The lowest BCUT2D eigenvalue weighted by atomic mass is 10.0. The van der Waals surface area contributed by atoms with Gasteiger partial charge >= 0.3 is 11.9 Å². The van der Waals surface area contributed by atoms with E-state index in [2.05, 4.69) is 13.8 Å². The molecule has 2 aromatic rings. The summed E-state index contributed by atoms with van der Waals surface area (Å²) in [5.74, 6) is -2.03. The molecule has 0 amide bonds. The number of fused-ring (bicyclic) bond motifs is 1. The van der Waals surface area contributed by atoms with E-state index in [1.165, 1.54) is 24.6 Å². The van der Waals surface area contributed by atoms with E-state index in [9.17, 15) is 9.59 Å². The third-order valence-corrected chi connectivity index (χ3v) is 2.66. The maximum absolute atomic E-state index is 11.0. The molecule has 0 fully saturated rings. The van der Waals surface area contributed by atoms with Crippen LogP contribution in [-0.4, -0.2) is 22.2 Å². The van der Waals surface area contributed by atoms with E-state index >= 15 is 0 Å². The standard InChI is InChI=1S/C13H10O4.C3H8/c1-7-4-8-2-3-9(12(14)15)5-10(8)6-11(7)13(16)17;1-3-2/h2-6H,1H3,(H,14,15)(H,16,17);3H2,1-2H3. The Labute approximate surface area is 117 Å². The summed E-state index contributed by atoms with van der Waals surface area (Å²) in [6, 6.07) is 7.90. The second kappa shape index (κ2) is 6.70. The smallest absolute Gasteiger partial charge is 0.335 e. The lowest BCUT2D eigenvalue weighted by molar-refractivity contribution is 0.0686. The van der Waals surface area contributed by atoms with Crippen molar-refractivity contribution >= 4 is 22.7 Å². The van der Waals surface area contributed by atoms with Gasteiger partial charge in [0.2, 0.25) is 0 Å². The summed E-state index contributed by atoms with van der Waals surface area (Å²) in [5.41, 5.74) is 1.01. The first-order valence-electron chi connectivity index (χ1n) is 6.41. The van der Waals surface area contributed by atoms with Crippen LogP contribution in [0.3, 0.4) is 0 Å². The molecule has 4 nitrogen and oxygen atoms in total. The number of rotatable bonds is 2. The van der Waals surface area contributed by atoms with E-state index in [-0.39, 0.29) is 11.1 Å². The van der Waals surface area contributed by atoms with Crippen LogP contribution in [0.2, 0.25) is 0 Å². The summed E-state index contributed by atoms with van der Waals surface area (Å²) in [6.07, 6.45) is 1.25. The zero-order valence-corrected chi connectivity index (χ0v) is 11.8. The van der Waals surface area contributed by atoms with E-state index in [1.807, 2.05) is 0 Å². The molecule has 0 aliphatic heterocycles. The number of carboxylic acids is 2. The van der Waals surface area contributed by atoms with Gasteiger partial charge in [0.15, 0.2) is 0 Å². The van der Waals surface area contributed by atoms with Crippen molar-refractivity contribution in [2.75, 3.05) is 0 Å². The first kappa shape index (κ1) is 15.7. The number of carboxylic acid groups (broad SMARTS) is 2. The summed E-state index contributed by atoms with van der Waals surface area (Å²) in [5, 5.41) is 19.3. The predicted octanol–water partition coefficient (Wildman–Crippen LogP) is 3.96. The van der Waals surface area contributed by atoms with Gasteiger partial charge in [-0.05, 0) is 41.5 Å². The van der Waals surface area contributed by atoms with Gasteiger partial charge < -0.3 is 10.2 Å². The van der Waals surface area contributed by atoms with Crippen molar-refractivity contribution in [1.82, 2.24) is 0 Å². The molecule has 4 heteroatoms. The Balaban J connectivity index is 0.000000612. The Morgan fingerprint density at radius 1 is 0.950 bits per heavy atom. The van der Waals surface area contributed by atoms with Gasteiger partial charge in [-0.1, -0.05) is 32.4 Å². The minimum Gasteiger partial charge on any atom is -0.478 e. The van der Waals surface area contributed by atoms with Gasteiger partial charge in [-0.3, -0.25) is 0 Å². The van der Waals surface area contributed by atoms with Crippen molar-refractivity contribution in [2.24, 2.45) is 0 Å². The van der Waals surface area contributed by atoms with E-state index < -0.39 is 11.9 Å². The van der Waals surface area contributed by atoms with Gasteiger partial charge in [0, 0.05) is 0 Å². The molecular formula is C16H18O4. The third kappa shape index (κ3) is 3.57. The molecule has 0 atom stereocenters. The average molecular weight is 274 g/mol. The fraction of sp³-hybridized carbons (Fsp3) is 0.250. The van der Waals surface area contributed by atoms with Crippen molar-refractivity contribution in [3.05, 3.63) is 47.0 Å². The van der Waals surface area contributed by atoms with Gasteiger partial charge in [0.25, 0.3) is 0 Å². The number of carbonyl (C=O) groups is 2. The lowest BCUT2D eigenvalue weighted by Gasteiger charge is -2.05. The number of aryl methyl sites for hydroxylation is 1. The Hall–Kier alpha value is -2.36. The fourth-order valence-electron chi connectivity index (χ4n) is 1.77. The molecule has 0 bridgehead atoms. The zero-order valence-electron chi connectivity index (χ0n) is 11.8. The molecule has 0 aliphatic rings. The second-order valence-electron chi connectivity index (χ2n) is 4.55. The monoisotopic (exact) mass is 274 g/mol. The minimum atomic E-state index is -1.02. The lowest BCUT2D eigenvalue weighted by Crippen LogP contribution is -2.00. The van der Waals surface area contributed by atoms with E-state index in [0.29, 0.717) is 10.9 Å². The fourth-order valence-corrected chi connectivity index (χ4v) is 1.77. The van der Waals surface area contributed by atoms with Crippen LogP contribution in [0.25, 0.3) is 10.8 Å². The number of benzene rings is 2. The van der Waals surface area contributed by atoms with Gasteiger partial charge in [0.05, 0.1) is 11.1 Å². The molecule has 2 N–H and O–H groups in total. The van der Waals surface area contributed by atoms with Crippen LogP contribution < -0.4 is 0 Å². The average Bonchev–Trinajstić information content (AvgIpc) is 2.37. The molecule has 0 heterocycles. The molecule has 20 heavy (non-hydrogen) atoms. The maximum Gasteiger partial charge on any atom is 0.335 e. The first-order valence-corrected chi connectivity index (χ1v) is 6.41. The van der Waals surface area contributed by atoms with Crippen molar-refractivity contribution < 1.29 is 19.8 Å². The maximum atomic E-state index is 11.0. The number of hydrogen-bond acceptors (Lipinski definition) is 2. The van der Waals surface area contributed by atoms with Crippen molar-refractivity contribution in [2.45, 2.75) is 27.2 Å². The quantitative estimate of drug-likeness (QED) is 0.869. The summed E-state index contributed by atoms with van der Waals surface area (Å²) in [7, 11) is 0. The third-order valence-electron chi connectivity index (χ3n) is 2.66. The van der Waals surface area contributed by atoms with Gasteiger partial charge in [0.1, 0.15) is 0 Å². The van der Waals surface area contributed by atoms with Crippen LogP contribution in [-0.2, 0) is 0 Å². The summed E-state index contributed by atoms with van der Waals surface area (Å²) >= 11 is 0. The first-order chi connectivity index (χ1) is 9.40. The van der Waals surface area contributed by atoms with Crippen LogP contribution in [0.4, 0.5) is 0 Å². The molecular weight excluding hydrogens is 256 g/mol. The van der Waals surface area contributed by atoms with Crippen molar-refractivity contribution in [3.63, 3.8) is 0 Å². The highest BCUT2D eigenvalue weighted by atomic mass is 16.4. The van der Waals surface area contributed by atoms with Crippen LogP contribution in [0, 0.1) is 6.92 Å². The van der Waals surface area contributed by atoms with E-state index in [4.69, 9.17) is 10.2 Å². The van der Waals surface area contributed by atoms with Gasteiger partial charge in [-0.2, -0.15) is 0 Å². The Morgan fingerprint density at radius 3 is 2.05 bits per heavy atom. The van der Waals surface area contributed by atoms with Crippen LogP contribution in [0.5, 0.6) is 0 Å². The van der Waals surface area contributed by atoms with Gasteiger partial charge in [-0.15, -0.1) is 0 Å². The molecule has 2 aromatic carbocycles. The number of aromatic carboxylic acids is 2. The van der Waals surface area contributed by atoms with E-state index in [0.717, 1.165) is 5.39 Å². The topological polar surface area (TPSA) is 74.6 Å². The minimum absolute atomic E-state index is 0.151. The molecule has 106 valence electrons. The Bertz CT molecular complexity index is 644. The van der Waals surface area contributed by atoms with Crippen molar-refractivity contribution in [1.29, 1.82) is 0 Å². The molecule has 0 unspecified atom stereocenters. The normalized spacial score (nSPS) is 9.75. The SMILES string of the molecule is CCC.Cc1cc2ccc(C(=O)O)cc2cc1C(=O)O. The molecule has 0 aromatic heterocycles. The van der Waals surface area contributed by atoms with Crippen LogP contribution in [0.1, 0.15) is 46.5 Å². The molecule has 0 aliphatic carbocycles. The Kier molecular flexibility index (Phi) is 5.26. The molecule has 0 saturated carbocycles.